The number of halogens is 2. The topological polar surface area (TPSA) is 45.8 Å². The minimum absolute atomic E-state index is 0.175. The number of hydrogen-bond donors (Lipinski definition) is 1. The first-order valence-electron chi connectivity index (χ1n) is 3.52. The fraction of sp³-hybridized carbons (Fsp3) is 0. The maximum atomic E-state index is 11.3. The van der Waals surface area contributed by atoms with Crippen molar-refractivity contribution in [1.29, 1.82) is 0 Å². The van der Waals surface area contributed by atoms with Gasteiger partial charge in [0, 0.05) is 9.86 Å². The number of nitrogens with zero attached hydrogens (tertiary/aromatic N) is 1. The lowest BCUT2D eigenvalue weighted by atomic mass is 10.2. The molecule has 1 aromatic heterocycles. The number of nitrogens with one attached hydrogen (secondary N) is 1. The summed E-state index contributed by atoms with van der Waals surface area (Å²) in [6.45, 7) is 0. The van der Waals surface area contributed by atoms with Gasteiger partial charge in [0.2, 0.25) is 0 Å². The van der Waals surface area contributed by atoms with Crippen molar-refractivity contribution in [3.05, 3.63) is 37.6 Å². The summed E-state index contributed by atoms with van der Waals surface area (Å²) >= 11 is 6.59. The van der Waals surface area contributed by atoms with Gasteiger partial charge in [-0.3, -0.25) is 4.79 Å². The molecule has 66 valence electrons. The molecule has 0 radical (unpaired) electrons. The van der Waals surface area contributed by atoms with Crippen molar-refractivity contribution >= 4 is 42.6 Å². The van der Waals surface area contributed by atoms with Crippen LogP contribution in [0.15, 0.2) is 32.1 Å². The van der Waals surface area contributed by atoms with Gasteiger partial charge in [-0.25, -0.2) is 5.10 Å². The molecule has 0 unspecified atom stereocenters. The fourth-order valence-electron chi connectivity index (χ4n) is 1.11. The third kappa shape index (κ3) is 1.53. The number of benzene rings is 1. The third-order valence-electron chi connectivity index (χ3n) is 1.70. The Labute approximate surface area is 90.4 Å². The van der Waals surface area contributed by atoms with Crippen LogP contribution in [-0.2, 0) is 0 Å². The number of H-pyrrole nitrogens is 1. The molecule has 1 aromatic carbocycles. The summed E-state index contributed by atoms with van der Waals surface area (Å²) in [5.41, 5.74) is -0.175. The maximum Gasteiger partial charge on any atom is 0.272 e. The van der Waals surface area contributed by atoms with Crippen LogP contribution in [0.1, 0.15) is 0 Å². The van der Waals surface area contributed by atoms with Crippen molar-refractivity contribution < 1.29 is 0 Å². The Bertz CT molecular complexity index is 521. The van der Waals surface area contributed by atoms with E-state index in [1.54, 1.807) is 6.07 Å². The van der Waals surface area contributed by atoms with Crippen LogP contribution in [0.25, 0.3) is 10.8 Å². The van der Waals surface area contributed by atoms with E-state index in [9.17, 15) is 4.79 Å². The second-order valence-electron chi connectivity index (χ2n) is 2.53. The summed E-state index contributed by atoms with van der Waals surface area (Å²) in [6, 6.07) is 5.43. The summed E-state index contributed by atoms with van der Waals surface area (Å²) in [4.78, 5) is 11.3. The second-order valence-corrected chi connectivity index (χ2v) is 4.20. The molecule has 1 heterocycles. The quantitative estimate of drug-likeness (QED) is 0.812. The van der Waals surface area contributed by atoms with Gasteiger partial charge in [-0.2, -0.15) is 5.10 Å². The largest absolute Gasteiger partial charge is 0.272 e. The highest BCUT2D eigenvalue weighted by atomic mass is 79.9. The van der Waals surface area contributed by atoms with E-state index in [0.717, 1.165) is 9.86 Å². The molecular formula is C8H4Br2N2O. The van der Waals surface area contributed by atoms with Crippen LogP contribution in [0.5, 0.6) is 0 Å². The molecule has 0 amide bonds. The van der Waals surface area contributed by atoms with E-state index < -0.39 is 0 Å². The van der Waals surface area contributed by atoms with E-state index in [4.69, 9.17) is 0 Å². The van der Waals surface area contributed by atoms with Crippen molar-refractivity contribution in [2.75, 3.05) is 0 Å². The van der Waals surface area contributed by atoms with Gasteiger partial charge in [0.1, 0.15) is 4.60 Å². The van der Waals surface area contributed by atoms with Crippen LogP contribution in [0.3, 0.4) is 0 Å². The van der Waals surface area contributed by atoms with Crippen LogP contribution in [0.4, 0.5) is 0 Å². The van der Waals surface area contributed by atoms with E-state index in [0.29, 0.717) is 9.99 Å². The number of hydrogen-bond acceptors (Lipinski definition) is 2. The van der Waals surface area contributed by atoms with Gasteiger partial charge >= 0.3 is 0 Å². The molecule has 2 aromatic rings. The van der Waals surface area contributed by atoms with Gasteiger partial charge in [-0.15, -0.1) is 0 Å². The van der Waals surface area contributed by atoms with Gasteiger partial charge in [0.25, 0.3) is 5.56 Å². The molecule has 5 heteroatoms. The summed E-state index contributed by atoms with van der Waals surface area (Å²) in [5.74, 6) is 0. The van der Waals surface area contributed by atoms with Gasteiger partial charge < -0.3 is 0 Å². The molecule has 0 atom stereocenters. The van der Waals surface area contributed by atoms with Crippen molar-refractivity contribution in [3.8, 4) is 0 Å². The lowest BCUT2D eigenvalue weighted by Crippen LogP contribution is -2.08. The zero-order valence-corrected chi connectivity index (χ0v) is 9.52. The van der Waals surface area contributed by atoms with E-state index in [2.05, 4.69) is 42.1 Å². The molecule has 0 aliphatic rings. The number of aromatic amines is 1. The highest BCUT2D eigenvalue weighted by molar-refractivity contribution is 9.11. The fourth-order valence-corrected chi connectivity index (χ4v) is 1.88. The molecule has 3 nitrogen and oxygen atoms in total. The Balaban J connectivity index is 3.01. The number of rotatable bonds is 0. The Morgan fingerprint density at radius 2 is 2.00 bits per heavy atom. The van der Waals surface area contributed by atoms with Crippen LogP contribution < -0.4 is 5.56 Å². The van der Waals surface area contributed by atoms with Crippen LogP contribution >= 0.6 is 31.9 Å². The average Bonchev–Trinajstić information content (AvgIpc) is 2.12. The zero-order valence-electron chi connectivity index (χ0n) is 6.34. The highest BCUT2D eigenvalue weighted by Crippen LogP contribution is 2.21. The second kappa shape index (κ2) is 3.23. The molecule has 0 saturated carbocycles. The molecule has 0 saturated heterocycles. The summed E-state index contributed by atoms with van der Waals surface area (Å²) in [7, 11) is 0. The first-order valence-corrected chi connectivity index (χ1v) is 5.10. The summed E-state index contributed by atoms with van der Waals surface area (Å²) < 4.78 is 1.57. The third-order valence-corrected chi connectivity index (χ3v) is 2.80. The minimum atomic E-state index is -0.175. The lowest BCUT2D eigenvalue weighted by molar-refractivity contribution is 0.990. The number of aromatic nitrogens is 2. The maximum absolute atomic E-state index is 11.3. The predicted molar refractivity (Wildman–Crippen MR) is 57.8 cm³/mol. The first kappa shape index (κ1) is 8.90. The predicted octanol–water partition coefficient (Wildman–Crippen LogP) is 2.45. The standard InChI is InChI=1S/C8H4Br2N2O/c9-4-1-2-5-6(3-4)7(10)11-12-8(5)13/h1-3H,(H,12,13). The lowest BCUT2D eigenvalue weighted by Gasteiger charge is -1.98. The van der Waals surface area contributed by atoms with Gasteiger partial charge in [0.05, 0.1) is 5.39 Å². The van der Waals surface area contributed by atoms with Crippen molar-refractivity contribution in [2.45, 2.75) is 0 Å². The molecule has 0 bridgehead atoms. The van der Waals surface area contributed by atoms with E-state index in [1.807, 2.05) is 12.1 Å². The Morgan fingerprint density at radius 1 is 1.23 bits per heavy atom. The van der Waals surface area contributed by atoms with Crippen LogP contribution in [0, 0.1) is 0 Å². The van der Waals surface area contributed by atoms with Gasteiger partial charge in [-0.05, 0) is 34.1 Å². The Hall–Kier alpha value is -0.680. The normalized spacial score (nSPS) is 10.6. The molecule has 0 aliphatic carbocycles. The van der Waals surface area contributed by atoms with E-state index in [-0.39, 0.29) is 5.56 Å². The van der Waals surface area contributed by atoms with Crippen molar-refractivity contribution in [2.24, 2.45) is 0 Å². The average molecular weight is 304 g/mol. The Kier molecular flexibility index (Phi) is 2.21. The highest BCUT2D eigenvalue weighted by Gasteiger charge is 2.03. The van der Waals surface area contributed by atoms with Crippen molar-refractivity contribution in [3.63, 3.8) is 0 Å². The van der Waals surface area contributed by atoms with Crippen molar-refractivity contribution in [1.82, 2.24) is 10.2 Å². The molecule has 0 aliphatic heterocycles. The minimum Gasteiger partial charge on any atom is -0.267 e. The van der Waals surface area contributed by atoms with Gasteiger partial charge in [-0.1, -0.05) is 15.9 Å². The summed E-state index contributed by atoms with van der Waals surface area (Å²) in [5, 5.41) is 7.63. The zero-order chi connectivity index (χ0) is 9.42. The number of fused-ring (bicyclic) bond motifs is 1. The van der Waals surface area contributed by atoms with Gasteiger partial charge in [0.15, 0.2) is 0 Å². The Morgan fingerprint density at radius 3 is 2.77 bits per heavy atom. The van der Waals surface area contributed by atoms with Crippen LogP contribution in [-0.4, -0.2) is 10.2 Å². The summed E-state index contributed by atoms with van der Waals surface area (Å²) in [6.07, 6.45) is 0. The van der Waals surface area contributed by atoms with E-state index >= 15 is 0 Å². The van der Waals surface area contributed by atoms with E-state index in [1.165, 1.54) is 0 Å². The molecular weight excluding hydrogens is 300 g/mol. The monoisotopic (exact) mass is 302 g/mol. The molecule has 2 rings (SSSR count). The molecule has 0 spiro atoms. The van der Waals surface area contributed by atoms with Crippen LogP contribution in [0.2, 0.25) is 0 Å². The SMILES string of the molecule is O=c1[nH]nc(Br)c2cc(Br)ccc12. The first-order chi connectivity index (χ1) is 6.18. The molecule has 13 heavy (non-hydrogen) atoms. The smallest absolute Gasteiger partial charge is 0.267 e. The molecule has 0 fully saturated rings. The molecule has 1 N–H and O–H groups in total.